The Balaban J connectivity index is 1.78. The van der Waals surface area contributed by atoms with Crippen LogP contribution in [0.5, 0.6) is 0 Å². The van der Waals surface area contributed by atoms with Crippen LogP contribution in [0.25, 0.3) is 0 Å². The summed E-state index contributed by atoms with van der Waals surface area (Å²) in [6.45, 7) is 1.18. The maximum absolute atomic E-state index is 11.8. The number of hydrogen-bond donors (Lipinski definition) is 2. The summed E-state index contributed by atoms with van der Waals surface area (Å²) >= 11 is 0. The highest BCUT2D eigenvalue weighted by molar-refractivity contribution is 5.90. The van der Waals surface area contributed by atoms with Gasteiger partial charge in [0.05, 0.1) is 12.6 Å². The van der Waals surface area contributed by atoms with Crippen molar-refractivity contribution in [3.05, 3.63) is 29.8 Å². The van der Waals surface area contributed by atoms with Crippen LogP contribution in [-0.4, -0.2) is 25.2 Å². The van der Waals surface area contributed by atoms with Gasteiger partial charge in [0.2, 0.25) is 5.91 Å². The summed E-state index contributed by atoms with van der Waals surface area (Å²) in [7, 11) is 0. The Morgan fingerprint density at radius 2 is 2.20 bits per heavy atom. The van der Waals surface area contributed by atoms with E-state index < -0.39 is 0 Å². The number of benzene rings is 1. The molecule has 1 unspecified atom stereocenters. The fraction of sp³-hybridized carbons (Fsp3) is 0.438. The molecule has 0 radical (unpaired) electrons. The summed E-state index contributed by atoms with van der Waals surface area (Å²) < 4.78 is 5.50. The molecule has 0 bridgehead atoms. The van der Waals surface area contributed by atoms with Crippen molar-refractivity contribution in [1.29, 1.82) is 0 Å². The lowest BCUT2D eigenvalue weighted by atomic mass is 10.1. The van der Waals surface area contributed by atoms with Crippen molar-refractivity contribution >= 4 is 11.6 Å². The molecule has 1 atom stereocenters. The highest BCUT2D eigenvalue weighted by Gasteiger charge is 2.16. The molecular weight excluding hydrogens is 252 g/mol. The first-order chi connectivity index (χ1) is 9.78. The van der Waals surface area contributed by atoms with E-state index in [1.54, 1.807) is 0 Å². The highest BCUT2D eigenvalue weighted by atomic mass is 16.5. The van der Waals surface area contributed by atoms with E-state index in [4.69, 9.17) is 10.5 Å². The highest BCUT2D eigenvalue weighted by Crippen LogP contribution is 2.17. The van der Waals surface area contributed by atoms with Crippen molar-refractivity contribution < 1.29 is 9.53 Å². The third kappa shape index (κ3) is 4.69. The van der Waals surface area contributed by atoms with Gasteiger partial charge in [-0.2, -0.15) is 0 Å². The van der Waals surface area contributed by atoms with Gasteiger partial charge in [0.25, 0.3) is 0 Å². The maximum atomic E-state index is 11.8. The average Bonchev–Trinajstić information content (AvgIpc) is 2.98. The SMILES string of the molecule is NCC#Cc1ccc(NC(=O)CCC2CCCO2)cc1. The van der Waals surface area contributed by atoms with Gasteiger partial charge in [0.1, 0.15) is 0 Å². The Hall–Kier alpha value is -1.83. The standard InChI is InChI=1S/C16H20N2O2/c17-11-1-3-13-5-7-14(8-6-13)18-16(19)10-9-15-4-2-12-20-15/h5-8,15H,2,4,9-12,17H2,(H,18,19). The molecule has 1 amide bonds. The summed E-state index contributed by atoms with van der Waals surface area (Å²) in [6.07, 6.45) is 3.74. The molecule has 3 N–H and O–H groups in total. The minimum atomic E-state index is 0.0290. The Morgan fingerprint density at radius 1 is 1.40 bits per heavy atom. The predicted molar refractivity (Wildman–Crippen MR) is 79.2 cm³/mol. The molecule has 0 aliphatic carbocycles. The molecule has 0 spiro atoms. The number of carbonyl (C=O) groups excluding carboxylic acids is 1. The van der Waals surface area contributed by atoms with E-state index in [-0.39, 0.29) is 12.0 Å². The summed E-state index contributed by atoms with van der Waals surface area (Å²) in [5, 5.41) is 2.88. The molecule has 1 aliphatic heterocycles. The number of anilines is 1. The first-order valence-corrected chi connectivity index (χ1v) is 6.98. The Morgan fingerprint density at radius 3 is 2.85 bits per heavy atom. The Kier molecular flexibility index (Phi) is 5.60. The third-order valence-electron chi connectivity index (χ3n) is 3.22. The van der Waals surface area contributed by atoms with Crippen molar-refractivity contribution in [1.82, 2.24) is 0 Å². The van der Waals surface area contributed by atoms with E-state index in [1.807, 2.05) is 24.3 Å². The Labute approximate surface area is 119 Å². The number of ether oxygens (including phenoxy) is 1. The average molecular weight is 272 g/mol. The monoisotopic (exact) mass is 272 g/mol. The summed E-state index contributed by atoms with van der Waals surface area (Å²) in [4.78, 5) is 11.8. The van der Waals surface area contributed by atoms with Crippen molar-refractivity contribution in [2.45, 2.75) is 31.8 Å². The van der Waals surface area contributed by atoms with Crippen molar-refractivity contribution in [2.24, 2.45) is 5.73 Å². The van der Waals surface area contributed by atoms with Crippen LogP contribution in [0.2, 0.25) is 0 Å². The molecule has 1 aromatic rings. The minimum Gasteiger partial charge on any atom is -0.378 e. The largest absolute Gasteiger partial charge is 0.378 e. The lowest BCUT2D eigenvalue weighted by Gasteiger charge is -2.09. The molecular formula is C16H20N2O2. The number of nitrogens with two attached hydrogens (primary N) is 1. The van der Waals surface area contributed by atoms with Gasteiger partial charge >= 0.3 is 0 Å². The van der Waals surface area contributed by atoms with Gasteiger partial charge < -0.3 is 15.8 Å². The minimum absolute atomic E-state index is 0.0290. The number of rotatable bonds is 4. The fourth-order valence-corrected chi connectivity index (χ4v) is 2.18. The van der Waals surface area contributed by atoms with Gasteiger partial charge in [0.15, 0.2) is 0 Å². The molecule has 1 aliphatic rings. The molecule has 4 heteroatoms. The number of hydrogen-bond acceptors (Lipinski definition) is 3. The summed E-state index contributed by atoms with van der Waals surface area (Å²) in [5.41, 5.74) is 7.00. The van der Waals surface area contributed by atoms with E-state index in [1.165, 1.54) is 0 Å². The number of carbonyl (C=O) groups is 1. The van der Waals surface area contributed by atoms with Crippen LogP contribution in [0.15, 0.2) is 24.3 Å². The zero-order chi connectivity index (χ0) is 14.2. The van der Waals surface area contributed by atoms with Crippen LogP contribution < -0.4 is 11.1 Å². The van der Waals surface area contributed by atoms with E-state index >= 15 is 0 Å². The van der Waals surface area contributed by atoms with Crippen LogP contribution in [-0.2, 0) is 9.53 Å². The second kappa shape index (κ2) is 7.68. The fourth-order valence-electron chi connectivity index (χ4n) is 2.18. The van der Waals surface area contributed by atoms with Crippen LogP contribution in [0.4, 0.5) is 5.69 Å². The lowest BCUT2D eigenvalue weighted by molar-refractivity contribution is -0.116. The molecule has 4 nitrogen and oxygen atoms in total. The lowest BCUT2D eigenvalue weighted by Crippen LogP contribution is -2.15. The summed E-state index contributed by atoms with van der Waals surface area (Å²) in [5.74, 6) is 5.76. The Bertz CT molecular complexity index is 493. The van der Waals surface area contributed by atoms with Gasteiger partial charge in [-0.05, 0) is 43.5 Å². The molecule has 0 saturated carbocycles. The van der Waals surface area contributed by atoms with E-state index in [0.717, 1.165) is 37.1 Å². The number of amides is 1. The molecule has 1 saturated heterocycles. The van der Waals surface area contributed by atoms with Crippen molar-refractivity contribution in [3.63, 3.8) is 0 Å². The van der Waals surface area contributed by atoms with E-state index in [0.29, 0.717) is 13.0 Å². The first kappa shape index (κ1) is 14.6. The molecule has 2 rings (SSSR count). The maximum Gasteiger partial charge on any atom is 0.224 e. The second-order valence-corrected chi connectivity index (χ2v) is 4.81. The molecule has 1 heterocycles. The zero-order valence-electron chi connectivity index (χ0n) is 11.5. The quantitative estimate of drug-likeness (QED) is 0.823. The topological polar surface area (TPSA) is 64.3 Å². The zero-order valence-corrected chi connectivity index (χ0v) is 11.5. The molecule has 0 aromatic heterocycles. The smallest absolute Gasteiger partial charge is 0.224 e. The third-order valence-corrected chi connectivity index (χ3v) is 3.22. The van der Waals surface area contributed by atoms with Gasteiger partial charge in [-0.3, -0.25) is 4.79 Å². The van der Waals surface area contributed by atoms with Gasteiger partial charge in [-0.1, -0.05) is 11.8 Å². The van der Waals surface area contributed by atoms with Crippen molar-refractivity contribution in [2.75, 3.05) is 18.5 Å². The van der Waals surface area contributed by atoms with Crippen LogP contribution in [0, 0.1) is 11.8 Å². The van der Waals surface area contributed by atoms with Crippen LogP contribution in [0.1, 0.15) is 31.2 Å². The van der Waals surface area contributed by atoms with Gasteiger partial charge in [-0.25, -0.2) is 0 Å². The summed E-state index contributed by atoms with van der Waals surface area (Å²) in [6, 6.07) is 7.45. The molecule has 106 valence electrons. The number of nitrogens with one attached hydrogen (secondary N) is 1. The van der Waals surface area contributed by atoms with E-state index in [9.17, 15) is 4.79 Å². The first-order valence-electron chi connectivity index (χ1n) is 6.98. The van der Waals surface area contributed by atoms with Crippen molar-refractivity contribution in [3.8, 4) is 11.8 Å². The van der Waals surface area contributed by atoms with Gasteiger partial charge in [-0.15, -0.1) is 0 Å². The van der Waals surface area contributed by atoms with Crippen LogP contribution >= 0.6 is 0 Å². The normalized spacial score (nSPS) is 17.4. The van der Waals surface area contributed by atoms with E-state index in [2.05, 4.69) is 17.2 Å². The second-order valence-electron chi connectivity index (χ2n) is 4.81. The van der Waals surface area contributed by atoms with Gasteiger partial charge in [0, 0.05) is 24.3 Å². The molecule has 1 fully saturated rings. The molecule has 1 aromatic carbocycles. The predicted octanol–water partition coefficient (Wildman–Crippen LogP) is 1.89. The van der Waals surface area contributed by atoms with Crippen LogP contribution in [0.3, 0.4) is 0 Å². The molecule has 20 heavy (non-hydrogen) atoms.